The zero-order chi connectivity index (χ0) is 10.9. The van der Waals surface area contributed by atoms with Crippen molar-refractivity contribution in [2.24, 2.45) is 0 Å². The second-order valence-corrected chi connectivity index (χ2v) is 4.09. The van der Waals surface area contributed by atoms with Gasteiger partial charge >= 0.3 is 0 Å². The normalized spacial score (nSPS) is 12.9. The number of hydrogen-bond donors (Lipinski definition) is 2. The lowest BCUT2D eigenvalue weighted by atomic mass is 10.1. The molecule has 15 heavy (non-hydrogen) atoms. The standard InChI is InChI=1S/C12H23N3/c1-3-5-7-11(6-4-2)13-10-12-8-9-14-15-12/h8-9,11,13H,3-7,10H2,1-2H3,(H,14,15). The van der Waals surface area contributed by atoms with Crippen molar-refractivity contribution in [3.8, 4) is 0 Å². The van der Waals surface area contributed by atoms with Gasteiger partial charge in [-0.05, 0) is 18.9 Å². The fourth-order valence-corrected chi connectivity index (χ4v) is 1.78. The van der Waals surface area contributed by atoms with Gasteiger partial charge in [0.05, 0.1) is 0 Å². The fourth-order valence-electron chi connectivity index (χ4n) is 1.78. The lowest BCUT2D eigenvalue weighted by molar-refractivity contribution is 0.431. The number of H-pyrrole nitrogens is 1. The van der Waals surface area contributed by atoms with E-state index in [1.54, 1.807) is 6.20 Å². The quantitative estimate of drug-likeness (QED) is 0.691. The van der Waals surface area contributed by atoms with Crippen molar-refractivity contribution in [2.45, 2.75) is 58.5 Å². The van der Waals surface area contributed by atoms with Gasteiger partial charge in [-0.2, -0.15) is 5.10 Å². The summed E-state index contributed by atoms with van der Waals surface area (Å²) in [6.07, 6.45) is 8.22. The maximum absolute atomic E-state index is 3.94. The highest BCUT2D eigenvalue weighted by molar-refractivity contribution is 4.96. The van der Waals surface area contributed by atoms with Crippen LogP contribution in [0.1, 0.15) is 51.6 Å². The van der Waals surface area contributed by atoms with Crippen LogP contribution in [-0.2, 0) is 6.54 Å². The van der Waals surface area contributed by atoms with Gasteiger partial charge in [-0.1, -0.05) is 33.1 Å². The Balaban J connectivity index is 2.24. The molecule has 2 N–H and O–H groups in total. The number of unbranched alkanes of at least 4 members (excludes halogenated alkanes) is 1. The number of nitrogens with zero attached hydrogens (tertiary/aromatic N) is 1. The van der Waals surface area contributed by atoms with Gasteiger partial charge in [-0.25, -0.2) is 0 Å². The molecule has 0 aliphatic carbocycles. The van der Waals surface area contributed by atoms with E-state index in [1.165, 1.54) is 37.8 Å². The minimum atomic E-state index is 0.665. The zero-order valence-electron chi connectivity index (χ0n) is 9.92. The predicted molar refractivity (Wildman–Crippen MR) is 63.6 cm³/mol. The first kappa shape index (κ1) is 12.2. The van der Waals surface area contributed by atoms with Crippen LogP contribution in [-0.4, -0.2) is 16.2 Å². The van der Waals surface area contributed by atoms with Gasteiger partial charge in [-0.15, -0.1) is 0 Å². The molecule has 1 aromatic heterocycles. The summed E-state index contributed by atoms with van der Waals surface area (Å²) in [6, 6.07) is 2.69. The molecular formula is C12H23N3. The summed E-state index contributed by atoms with van der Waals surface area (Å²) in [5.41, 5.74) is 1.17. The van der Waals surface area contributed by atoms with Crippen molar-refractivity contribution in [3.05, 3.63) is 18.0 Å². The first-order valence-electron chi connectivity index (χ1n) is 6.08. The second kappa shape index (κ2) is 7.46. The molecule has 1 atom stereocenters. The SMILES string of the molecule is CCCCC(CCC)NCc1ccn[nH]1. The third-order valence-electron chi connectivity index (χ3n) is 2.68. The molecule has 1 heterocycles. The smallest absolute Gasteiger partial charge is 0.0490 e. The number of aromatic nitrogens is 2. The van der Waals surface area contributed by atoms with Crippen LogP contribution >= 0.6 is 0 Å². The summed E-state index contributed by atoms with van der Waals surface area (Å²) in [4.78, 5) is 0. The van der Waals surface area contributed by atoms with Gasteiger partial charge in [-0.3, -0.25) is 5.10 Å². The third kappa shape index (κ3) is 4.98. The van der Waals surface area contributed by atoms with Gasteiger partial charge in [0, 0.05) is 24.5 Å². The van der Waals surface area contributed by atoms with Gasteiger partial charge in [0.2, 0.25) is 0 Å². The van der Waals surface area contributed by atoms with E-state index in [-0.39, 0.29) is 0 Å². The minimum absolute atomic E-state index is 0.665. The Morgan fingerprint density at radius 1 is 1.33 bits per heavy atom. The van der Waals surface area contributed by atoms with E-state index in [9.17, 15) is 0 Å². The molecule has 0 aromatic carbocycles. The van der Waals surface area contributed by atoms with E-state index in [1.807, 2.05) is 6.07 Å². The highest BCUT2D eigenvalue weighted by atomic mass is 15.1. The topological polar surface area (TPSA) is 40.7 Å². The van der Waals surface area contributed by atoms with Crippen molar-refractivity contribution < 1.29 is 0 Å². The molecule has 0 amide bonds. The molecule has 0 aliphatic heterocycles. The van der Waals surface area contributed by atoms with E-state index in [2.05, 4.69) is 29.4 Å². The monoisotopic (exact) mass is 209 g/mol. The highest BCUT2D eigenvalue weighted by Gasteiger charge is 2.06. The molecule has 3 heteroatoms. The average Bonchev–Trinajstić information content (AvgIpc) is 2.75. The van der Waals surface area contributed by atoms with E-state index in [4.69, 9.17) is 0 Å². The first-order chi connectivity index (χ1) is 7.36. The van der Waals surface area contributed by atoms with Crippen LogP contribution in [0.4, 0.5) is 0 Å². The summed E-state index contributed by atoms with van der Waals surface area (Å²) in [5.74, 6) is 0. The summed E-state index contributed by atoms with van der Waals surface area (Å²) in [5, 5.41) is 10.5. The van der Waals surface area contributed by atoms with Gasteiger partial charge in [0.15, 0.2) is 0 Å². The molecule has 0 fully saturated rings. The Bertz CT molecular complexity index is 231. The lowest BCUT2D eigenvalue weighted by Crippen LogP contribution is -2.28. The van der Waals surface area contributed by atoms with Crippen LogP contribution in [0.15, 0.2) is 12.3 Å². The van der Waals surface area contributed by atoms with Crippen LogP contribution in [0, 0.1) is 0 Å². The molecule has 0 spiro atoms. The summed E-state index contributed by atoms with van der Waals surface area (Å²) in [7, 11) is 0. The minimum Gasteiger partial charge on any atom is -0.308 e. The van der Waals surface area contributed by atoms with E-state index in [0.29, 0.717) is 6.04 Å². The second-order valence-electron chi connectivity index (χ2n) is 4.09. The van der Waals surface area contributed by atoms with Crippen LogP contribution in [0.25, 0.3) is 0 Å². The summed E-state index contributed by atoms with van der Waals surface area (Å²) >= 11 is 0. The number of hydrogen-bond acceptors (Lipinski definition) is 2. The van der Waals surface area contributed by atoms with Gasteiger partial charge < -0.3 is 5.32 Å². The van der Waals surface area contributed by atoms with Crippen molar-refractivity contribution in [1.82, 2.24) is 15.5 Å². The maximum atomic E-state index is 3.94. The lowest BCUT2D eigenvalue weighted by Gasteiger charge is -2.17. The van der Waals surface area contributed by atoms with Crippen LogP contribution in [0.2, 0.25) is 0 Å². The fraction of sp³-hybridized carbons (Fsp3) is 0.750. The molecular weight excluding hydrogens is 186 g/mol. The van der Waals surface area contributed by atoms with Crippen molar-refractivity contribution in [1.29, 1.82) is 0 Å². The van der Waals surface area contributed by atoms with E-state index in [0.717, 1.165) is 6.54 Å². The summed E-state index contributed by atoms with van der Waals surface area (Å²) < 4.78 is 0. The Hall–Kier alpha value is -0.830. The molecule has 0 saturated heterocycles. The van der Waals surface area contributed by atoms with Crippen LogP contribution < -0.4 is 5.32 Å². The van der Waals surface area contributed by atoms with Crippen molar-refractivity contribution in [3.63, 3.8) is 0 Å². The zero-order valence-corrected chi connectivity index (χ0v) is 9.92. The van der Waals surface area contributed by atoms with Gasteiger partial charge in [0.25, 0.3) is 0 Å². The third-order valence-corrected chi connectivity index (χ3v) is 2.68. The molecule has 1 rings (SSSR count). The van der Waals surface area contributed by atoms with Crippen molar-refractivity contribution in [2.75, 3.05) is 0 Å². The van der Waals surface area contributed by atoms with Crippen molar-refractivity contribution >= 4 is 0 Å². The molecule has 1 aromatic rings. The Morgan fingerprint density at radius 2 is 2.20 bits per heavy atom. The molecule has 86 valence electrons. The predicted octanol–water partition coefficient (Wildman–Crippen LogP) is 2.86. The molecule has 3 nitrogen and oxygen atoms in total. The largest absolute Gasteiger partial charge is 0.308 e. The van der Waals surface area contributed by atoms with E-state index < -0.39 is 0 Å². The molecule has 1 unspecified atom stereocenters. The Labute approximate surface area is 92.7 Å². The molecule has 0 radical (unpaired) electrons. The number of nitrogens with one attached hydrogen (secondary N) is 2. The summed E-state index contributed by atoms with van der Waals surface area (Å²) in [6.45, 7) is 5.41. The number of aromatic amines is 1. The first-order valence-corrected chi connectivity index (χ1v) is 6.08. The van der Waals surface area contributed by atoms with Crippen LogP contribution in [0.3, 0.4) is 0 Å². The van der Waals surface area contributed by atoms with Gasteiger partial charge in [0.1, 0.15) is 0 Å². The molecule has 0 saturated carbocycles. The molecule has 0 aliphatic rings. The average molecular weight is 209 g/mol. The highest BCUT2D eigenvalue weighted by Crippen LogP contribution is 2.07. The number of rotatable bonds is 8. The maximum Gasteiger partial charge on any atom is 0.0490 e. The Morgan fingerprint density at radius 3 is 2.80 bits per heavy atom. The van der Waals surface area contributed by atoms with Crippen LogP contribution in [0.5, 0.6) is 0 Å². The van der Waals surface area contributed by atoms with E-state index >= 15 is 0 Å². The Kier molecular flexibility index (Phi) is 6.09. The molecule has 0 bridgehead atoms.